The first kappa shape index (κ1) is 16.0. The molecular weight excluding hydrogens is 258 g/mol. The topological polar surface area (TPSA) is 75.6 Å². The van der Waals surface area contributed by atoms with Gasteiger partial charge in [-0.15, -0.1) is 0 Å². The zero-order valence-electron chi connectivity index (χ0n) is 12.0. The summed E-state index contributed by atoms with van der Waals surface area (Å²) in [5, 5.41) is 11.6. The molecule has 0 heterocycles. The van der Waals surface area contributed by atoms with Gasteiger partial charge in [0.2, 0.25) is 0 Å². The van der Waals surface area contributed by atoms with Gasteiger partial charge in [-0.25, -0.2) is 9.59 Å². The quantitative estimate of drug-likeness (QED) is 0.839. The normalized spacial score (nSPS) is 13.6. The van der Waals surface area contributed by atoms with E-state index in [9.17, 15) is 9.59 Å². The highest BCUT2D eigenvalue weighted by atomic mass is 16.5. The molecule has 0 aromatic heterocycles. The molecule has 1 aromatic carbocycles. The Bertz CT molecular complexity index is 444. The van der Waals surface area contributed by atoms with Gasteiger partial charge in [-0.05, 0) is 17.4 Å². The van der Waals surface area contributed by atoms with Crippen LogP contribution in [0, 0.1) is 11.8 Å². The second-order valence-corrected chi connectivity index (χ2v) is 5.13. The number of benzene rings is 1. The van der Waals surface area contributed by atoms with Gasteiger partial charge in [0.25, 0.3) is 0 Å². The highest BCUT2D eigenvalue weighted by molar-refractivity contribution is 5.80. The van der Waals surface area contributed by atoms with E-state index >= 15 is 0 Å². The van der Waals surface area contributed by atoms with Crippen molar-refractivity contribution in [3.05, 3.63) is 35.9 Å². The summed E-state index contributed by atoms with van der Waals surface area (Å²) >= 11 is 0. The van der Waals surface area contributed by atoms with Crippen molar-refractivity contribution in [1.29, 1.82) is 0 Å². The summed E-state index contributed by atoms with van der Waals surface area (Å²) in [5.41, 5.74) is 0.853. The smallest absolute Gasteiger partial charge is 0.408 e. The van der Waals surface area contributed by atoms with Crippen LogP contribution in [0.2, 0.25) is 0 Å². The van der Waals surface area contributed by atoms with Crippen molar-refractivity contribution in [2.45, 2.75) is 33.4 Å². The van der Waals surface area contributed by atoms with E-state index in [-0.39, 0.29) is 18.4 Å². The fourth-order valence-electron chi connectivity index (χ4n) is 1.69. The summed E-state index contributed by atoms with van der Waals surface area (Å²) in [6.45, 7) is 5.74. The number of amides is 1. The van der Waals surface area contributed by atoms with Crippen molar-refractivity contribution >= 4 is 12.1 Å². The Morgan fingerprint density at radius 2 is 1.80 bits per heavy atom. The van der Waals surface area contributed by atoms with E-state index in [4.69, 9.17) is 9.84 Å². The Balaban J connectivity index is 2.52. The lowest BCUT2D eigenvalue weighted by atomic mass is 9.90. The van der Waals surface area contributed by atoms with Gasteiger partial charge < -0.3 is 15.2 Å². The number of carboxylic acid groups (broad SMARTS) is 1. The molecule has 2 N–H and O–H groups in total. The molecule has 1 rings (SSSR count). The van der Waals surface area contributed by atoms with Crippen molar-refractivity contribution in [1.82, 2.24) is 5.32 Å². The second kappa shape index (κ2) is 7.53. The maximum absolute atomic E-state index is 11.7. The first-order valence-electron chi connectivity index (χ1n) is 6.61. The average molecular weight is 279 g/mol. The summed E-state index contributed by atoms with van der Waals surface area (Å²) < 4.78 is 5.03. The Morgan fingerprint density at radius 3 is 2.30 bits per heavy atom. The fraction of sp³-hybridized carbons (Fsp3) is 0.467. The summed E-state index contributed by atoms with van der Waals surface area (Å²) in [6.07, 6.45) is -0.714. The number of carbonyl (C=O) groups excluding carboxylic acids is 1. The number of hydrogen-bond acceptors (Lipinski definition) is 3. The Kier molecular flexibility index (Phi) is 6.03. The molecule has 110 valence electrons. The summed E-state index contributed by atoms with van der Waals surface area (Å²) in [5.74, 6) is -1.09. The van der Waals surface area contributed by atoms with Gasteiger partial charge in [0.1, 0.15) is 12.6 Å². The van der Waals surface area contributed by atoms with Crippen molar-refractivity contribution < 1.29 is 19.4 Å². The van der Waals surface area contributed by atoms with E-state index < -0.39 is 18.1 Å². The average Bonchev–Trinajstić information content (AvgIpc) is 2.42. The van der Waals surface area contributed by atoms with E-state index in [1.165, 1.54) is 0 Å². The minimum atomic E-state index is -1.05. The molecule has 0 fully saturated rings. The third-order valence-corrected chi connectivity index (χ3v) is 3.33. The highest BCUT2D eigenvalue weighted by Crippen LogP contribution is 2.15. The number of carbonyl (C=O) groups is 2. The van der Waals surface area contributed by atoms with Crippen LogP contribution >= 0.6 is 0 Å². The summed E-state index contributed by atoms with van der Waals surface area (Å²) in [4.78, 5) is 22.8. The molecule has 0 aliphatic rings. The predicted molar refractivity (Wildman–Crippen MR) is 75.2 cm³/mol. The number of aliphatic carboxylic acids is 1. The molecule has 0 saturated carbocycles. The van der Waals surface area contributed by atoms with Gasteiger partial charge in [0, 0.05) is 0 Å². The molecule has 0 bridgehead atoms. The summed E-state index contributed by atoms with van der Waals surface area (Å²) in [6, 6.07) is 8.28. The Hall–Kier alpha value is -2.04. The number of hydrogen-bond donors (Lipinski definition) is 2. The monoisotopic (exact) mass is 279 g/mol. The van der Waals surface area contributed by atoms with Crippen molar-refractivity contribution in [3.63, 3.8) is 0 Å². The molecule has 0 radical (unpaired) electrons. The molecule has 5 heteroatoms. The lowest BCUT2D eigenvalue weighted by Gasteiger charge is -2.24. The molecule has 5 nitrogen and oxygen atoms in total. The zero-order valence-corrected chi connectivity index (χ0v) is 12.0. The van der Waals surface area contributed by atoms with Crippen LogP contribution in [0.4, 0.5) is 4.79 Å². The molecule has 1 amide bonds. The van der Waals surface area contributed by atoms with Crippen LogP contribution in [-0.2, 0) is 16.1 Å². The third-order valence-electron chi connectivity index (χ3n) is 3.33. The molecular formula is C15H21NO4. The molecule has 0 aliphatic carbocycles. The maximum atomic E-state index is 11.7. The number of rotatable bonds is 6. The third kappa shape index (κ3) is 4.91. The van der Waals surface area contributed by atoms with Gasteiger partial charge in [0.05, 0.1) is 0 Å². The fourth-order valence-corrected chi connectivity index (χ4v) is 1.69. The molecule has 2 unspecified atom stereocenters. The van der Waals surface area contributed by atoms with Crippen LogP contribution in [0.15, 0.2) is 30.3 Å². The second-order valence-electron chi connectivity index (χ2n) is 5.13. The standard InChI is InChI=1S/C15H21NO4/c1-10(2)11(3)13(14(17)18)16-15(19)20-9-12-7-5-4-6-8-12/h4-8,10-11,13H,9H2,1-3H3,(H,16,19)(H,17,18). The zero-order chi connectivity index (χ0) is 15.1. The van der Waals surface area contributed by atoms with E-state index in [2.05, 4.69) is 5.32 Å². The van der Waals surface area contributed by atoms with Crippen LogP contribution in [0.25, 0.3) is 0 Å². The van der Waals surface area contributed by atoms with Gasteiger partial charge in [0.15, 0.2) is 0 Å². The van der Waals surface area contributed by atoms with Crippen LogP contribution < -0.4 is 5.32 Å². The minimum Gasteiger partial charge on any atom is -0.480 e. The van der Waals surface area contributed by atoms with Gasteiger partial charge in [-0.3, -0.25) is 0 Å². The molecule has 0 spiro atoms. The van der Waals surface area contributed by atoms with Crippen LogP contribution in [0.3, 0.4) is 0 Å². The number of alkyl carbamates (subject to hydrolysis) is 1. The maximum Gasteiger partial charge on any atom is 0.408 e. The Labute approximate surface area is 118 Å². The van der Waals surface area contributed by atoms with E-state index in [0.29, 0.717) is 0 Å². The molecule has 0 saturated heterocycles. The van der Waals surface area contributed by atoms with Crippen molar-refractivity contribution in [3.8, 4) is 0 Å². The first-order chi connectivity index (χ1) is 9.41. The minimum absolute atomic E-state index is 0.120. The SMILES string of the molecule is CC(C)C(C)C(NC(=O)OCc1ccccc1)C(=O)O. The highest BCUT2D eigenvalue weighted by Gasteiger charge is 2.28. The van der Waals surface area contributed by atoms with E-state index in [0.717, 1.165) is 5.56 Å². The Morgan fingerprint density at radius 1 is 1.20 bits per heavy atom. The van der Waals surface area contributed by atoms with E-state index in [1.54, 1.807) is 6.92 Å². The van der Waals surface area contributed by atoms with Crippen molar-refractivity contribution in [2.24, 2.45) is 11.8 Å². The first-order valence-corrected chi connectivity index (χ1v) is 6.61. The lowest BCUT2D eigenvalue weighted by Crippen LogP contribution is -2.46. The van der Waals surface area contributed by atoms with Gasteiger partial charge >= 0.3 is 12.1 Å². The van der Waals surface area contributed by atoms with E-state index in [1.807, 2.05) is 44.2 Å². The summed E-state index contributed by atoms with van der Waals surface area (Å²) in [7, 11) is 0. The van der Waals surface area contributed by atoms with Gasteiger partial charge in [-0.2, -0.15) is 0 Å². The van der Waals surface area contributed by atoms with Gasteiger partial charge in [-0.1, -0.05) is 51.1 Å². The van der Waals surface area contributed by atoms with Crippen LogP contribution in [0.1, 0.15) is 26.3 Å². The van der Waals surface area contributed by atoms with Crippen molar-refractivity contribution in [2.75, 3.05) is 0 Å². The molecule has 1 aromatic rings. The van der Waals surface area contributed by atoms with Crippen LogP contribution in [0.5, 0.6) is 0 Å². The molecule has 2 atom stereocenters. The number of carboxylic acids is 1. The molecule has 20 heavy (non-hydrogen) atoms. The number of nitrogens with one attached hydrogen (secondary N) is 1. The largest absolute Gasteiger partial charge is 0.480 e. The number of ether oxygens (including phenoxy) is 1. The lowest BCUT2D eigenvalue weighted by molar-refractivity contribution is -0.141. The predicted octanol–water partition coefficient (Wildman–Crippen LogP) is 2.66. The van der Waals surface area contributed by atoms with Crippen LogP contribution in [-0.4, -0.2) is 23.2 Å². The molecule has 0 aliphatic heterocycles.